The first kappa shape index (κ1) is 12.4. The molecule has 2 fully saturated rings. The molecule has 1 N–H and O–H groups in total. The molecule has 1 aliphatic heterocycles. The van der Waals surface area contributed by atoms with Crippen molar-refractivity contribution in [1.82, 2.24) is 5.32 Å². The van der Waals surface area contributed by atoms with Crippen LogP contribution in [0.5, 0.6) is 0 Å². The number of carbonyl (C=O) groups is 2. The van der Waals surface area contributed by atoms with Crippen molar-refractivity contribution in [3.05, 3.63) is 29.8 Å². The number of rotatable bonds is 5. The Labute approximate surface area is 112 Å². The Bertz CT molecular complexity index is 507. The van der Waals surface area contributed by atoms with Crippen LogP contribution < -0.4 is 10.2 Å². The number of benzene rings is 1. The van der Waals surface area contributed by atoms with Crippen LogP contribution in [0, 0.1) is 11.8 Å². The van der Waals surface area contributed by atoms with Crippen LogP contribution in [0.15, 0.2) is 24.3 Å². The van der Waals surface area contributed by atoms with Gasteiger partial charge < -0.3 is 5.32 Å². The summed E-state index contributed by atoms with van der Waals surface area (Å²) in [4.78, 5) is 25.4. The average Bonchev–Trinajstić information content (AvgIpc) is 3.15. The van der Waals surface area contributed by atoms with Crippen LogP contribution in [0.3, 0.4) is 0 Å². The van der Waals surface area contributed by atoms with Crippen LogP contribution >= 0.6 is 0 Å². The molecule has 2 amide bonds. The van der Waals surface area contributed by atoms with Crippen molar-refractivity contribution >= 4 is 17.5 Å². The average molecular weight is 258 g/mol. The molecule has 4 nitrogen and oxygen atoms in total. The highest BCUT2D eigenvalue weighted by atomic mass is 16.2. The van der Waals surface area contributed by atoms with Gasteiger partial charge in [-0.15, -0.1) is 0 Å². The van der Waals surface area contributed by atoms with E-state index in [4.69, 9.17) is 0 Å². The minimum absolute atomic E-state index is 0.0198. The van der Waals surface area contributed by atoms with Crippen molar-refractivity contribution in [1.29, 1.82) is 0 Å². The van der Waals surface area contributed by atoms with E-state index < -0.39 is 0 Å². The first-order valence-corrected chi connectivity index (χ1v) is 6.90. The highest BCUT2D eigenvalue weighted by Gasteiger charge is 2.59. The van der Waals surface area contributed by atoms with Gasteiger partial charge in [0.1, 0.15) is 0 Å². The van der Waals surface area contributed by atoms with Crippen LogP contribution in [0.1, 0.15) is 25.3 Å². The third kappa shape index (κ3) is 2.16. The predicted molar refractivity (Wildman–Crippen MR) is 72.5 cm³/mol. The summed E-state index contributed by atoms with van der Waals surface area (Å²) in [5.74, 6) is -0.105. The molecule has 0 radical (unpaired) electrons. The maximum absolute atomic E-state index is 12.0. The maximum atomic E-state index is 12.0. The predicted octanol–water partition coefficient (Wildman–Crippen LogP) is 1.70. The van der Waals surface area contributed by atoms with Gasteiger partial charge in [0.05, 0.1) is 17.5 Å². The molecule has 0 aromatic heterocycles. The molecule has 1 aromatic rings. The zero-order valence-electron chi connectivity index (χ0n) is 11.1. The zero-order valence-corrected chi connectivity index (χ0v) is 11.1. The largest absolute Gasteiger partial charge is 0.313 e. The van der Waals surface area contributed by atoms with Crippen molar-refractivity contribution < 1.29 is 9.59 Å². The third-order valence-electron chi connectivity index (χ3n) is 3.79. The molecule has 1 aliphatic carbocycles. The van der Waals surface area contributed by atoms with Gasteiger partial charge in [-0.1, -0.05) is 19.1 Å². The Kier molecular flexibility index (Phi) is 3.11. The molecule has 2 aliphatic rings. The van der Waals surface area contributed by atoms with Crippen molar-refractivity contribution in [3.8, 4) is 0 Å². The molecule has 2 unspecified atom stereocenters. The maximum Gasteiger partial charge on any atom is 0.237 e. The van der Waals surface area contributed by atoms with Crippen molar-refractivity contribution in [3.63, 3.8) is 0 Å². The summed E-state index contributed by atoms with van der Waals surface area (Å²) in [6.07, 6.45) is 1.85. The Morgan fingerprint density at radius 1 is 1.26 bits per heavy atom. The SMILES string of the molecule is CCCNCc1cccc(N2C(=O)C3CC3C2=O)c1. The lowest BCUT2D eigenvalue weighted by molar-refractivity contribution is -0.123. The summed E-state index contributed by atoms with van der Waals surface area (Å²) in [6, 6.07) is 7.69. The summed E-state index contributed by atoms with van der Waals surface area (Å²) >= 11 is 0. The van der Waals surface area contributed by atoms with Crippen LogP contribution in [0.4, 0.5) is 5.69 Å². The van der Waals surface area contributed by atoms with E-state index in [0.717, 1.165) is 37.2 Å². The molecule has 1 saturated carbocycles. The van der Waals surface area contributed by atoms with E-state index in [9.17, 15) is 9.59 Å². The van der Waals surface area contributed by atoms with Gasteiger partial charge in [-0.05, 0) is 37.1 Å². The van der Waals surface area contributed by atoms with Gasteiger partial charge >= 0.3 is 0 Å². The van der Waals surface area contributed by atoms with Crippen LogP contribution in [0.2, 0.25) is 0 Å². The van der Waals surface area contributed by atoms with E-state index >= 15 is 0 Å². The van der Waals surface area contributed by atoms with Gasteiger partial charge in [0.25, 0.3) is 0 Å². The smallest absolute Gasteiger partial charge is 0.237 e. The Balaban J connectivity index is 1.76. The van der Waals surface area contributed by atoms with E-state index in [-0.39, 0.29) is 23.7 Å². The zero-order chi connectivity index (χ0) is 13.4. The number of imide groups is 1. The Morgan fingerprint density at radius 3 is 2.68 bits per heavy atom. The lowest BCUT2D eigenvalue weighted by Gasteiger charge is -2.17. The van der Waals surface area contributed by atoms with Crippen LogP contribution in [0.25, 0.3) is 0 Å². The summed E-state index contributed by atoms with van der Waals surface area (Å²) in [5, 5.41) is 3.32. The monoisotopic (exact) mass is 258 g/mol. The molecular weight excluding hydrogens is 240 g/mol. The van der Waals surface area contributed by atoms with Crippen LogP contribution in [-0.4, -0.2) is 18.4 Å². The van der Waals surface area contributed by atoms with Crippen molar-refractivity contribution in [2.24, 2.45) is 11.8 Å². The van der Waals surface area contributed by atoms with Crippen molar-refractivity contribution in [2.45, 2.75) is 26.3 Å². The molecule has 2 atom stereocenters. The summed E-state index contributed by atoms with van der Waals surface area (Å²) in [7, 11) is 0. The molecular formula is C15H18N2O2. The molecule has 3 rings (SSSR count). The second-order valence-corrected chi connectivity index (χ2v) is 5.31. The number of carbonyl (C=O) groups excluding carboxylic acids is 2. The topological polar surface area (TPSA) is 49.4 Å². The third-order valence-corrected chi connectivity index (χ3v) is 3.79. The first-order valence-electron chi connectivity index (χ1n) is 6.90. The number of nitrogens with one attached hydrogen (secondary N) is 1. The second kappa shape index (κ2) is 4.78. The summed E-state index contributed by atoms with van der Waals surface area (Å²) in [6.45, 7) is 3.86. The second-order valence-electron chi connectivity index (χ2n) is 5.31. The van der Waals surface area contributed by atoms with E-state index in [1.807, 2.05) is 24.3 Å². The standard InChI is InChI=1S/C15H18N2O2/c1-2-6-16-9-10-4-3-5-11(7-10)17-14(18)12-8-13(12)15(17)19/h3-5,7,12-13,16H,2,6,8-9H2,1H3. The fourth-order valence-electron chi connectivity index (χ4n) is 2.65. The number of hydrogen-bond acceptors (Lipinski definition) is 3. The molecule has 19 heavy (non-hydrogen) atoms. The number of piperidine rings is 1. The number of hydrogen-bond donors (Lipinski definition) is 1. The fourth-order valence-corrected chi connectivity index (χ4v) is 2.65. The van der Waals surface area contributed by atoms with E-state index in [2.05, 4.69) is 12.2 Å². The molecule has 0 bridgehead atoms. The van der Waals surface area contributed by atoms with Gasteiger partial charge in [-0.25, -0.2) is 0 Å². The number of fused-ring (bicyclic) bond motifs is 1. The Hall–Kier alpha value is -1.68. The molecule has 0 spiro atoms. The number of amides is 2. The normalized spacial score (nSPS) is 24.8. The highest BCUT2D eigenvalue weighted by Crippen LogP contribution is 2.48. The quantitative estimate of drug-likeness (QED) is 0.646. The molecule has 1 heterocycles. The van der Waals surface area contributed by atoms with E-state index in [1.54, 1.807) is 0 Å². The molecule has 100 valence electrons. The fraction of sp³-hybridized carbons (Fsp3) is 0.467. The lowest BCUT2D eigenvalue weighted by Crippen LogP contribution is -2.32. The van der Waals surface area contributed by atoms with Gasteiger partial charge in [0.2, 0.25) is 11.8 Å². The minimum Gasteiger partial charge on any atom is -0.313 e. The Morgan fingerprint density at radius 2 is 2.00 bits per heavy atom. The summed E-state index contributed by atoms with van der Waals surface area (Å²) in [5.41, 5.74) is 1.82. The van der Waals surface area contributed by atoms with Gasteiger partial charge in [-0.3, -0.25) is 14.5 Å². The van der Waals surface area contributed by atoms with Gasteiger partial charge in [0.15, 0.2) is 0 Å². The van der Waals surface area contributed by atoms with E-state index in [0.29, 0.717) is 0 Å². The minimum atomic E-state index is -0.0330. The molecule has 1 aromatic carbocycles. The van der Waals surface area contributed by atoms with E-state index in [1.165, 1.54) is 4.90 Å². The van der Waals surface area contributed by atoms with Gasteiger partial charge in [-0.2, -0.15) is 0 Å². The lowest BCUT2D eigenvalue weighted by atomic mass is 10.1. The number of nitrogens with zero attached hydrogens (tertiary/aromatic N) is 1. The summed E-state index contributed by atoms with van der Waals surface area (Å²) < 4.78 is 0. The first-order chi connectivity index (χ1) is 9.22. The molecule has 1 saturated heterocycles. The molecule has 4 heteroatoms. The number of anilines is 1. The van der Waals surface area contributed by atoms with Crippen molar-refractivity contribution in [2.75, 3.05) is 11.4 Å². The highest BCUT2D eigenvalue weighted by molar-refractivity contribution is 6.24. The van der Waals surface area contributed by atoms with Gasteiger partial charge in [0, 0.05) is 6.54 Å². The van der Waals surface area contributed by atoms with Crippen LogP contribution in [-0.2, 0) is 16.1 Å².